The van der Waals surface area contributed by atoms with Crippen LogP contribution in [0.15, 0.2) is 60.8 Å². The van der Waals surface area contributed by atoms with E-state index in [1.165, 1.54) is 0 Å². The van der Waals surface area contributed by atoms with Crippen molar-refractivity contribution in [3.05, 3.63) is 71.9 Å². The van der Waals surface area contributed by atoms with Crippen molar-refractivity contribution in [1.82, 2.24) is 9.88 Å². The lowest BCUT2D eigenvalue weighted by molar-refractivity contribution is -0.116. The molecule has 2 aromatic carbocycles. The SMILES string of the molecule is O=C(CN1C(=O)c2ccccc2C1=O)Nc1cnc2ccccc2c1. The number of imide groups is 1. The number of rotatable bonds is 3. The number of nitrogens with one attached hydrogen (secondary N) is 1. The average Bonchev–Trinajstić information content (AvgIpc) is 2.87. The van der Waals surface area contributed by atoms with Gasteiger partial charge in [-0.05, 0) is 24.3 Å². The molecule has 122 valence electrons. The number of nitrogens with zero attached hydrogens (tertiary/aromatic N) is 2. The molecule has 0 fully saturated rings. The molecule has 1 aliphatic rings. The summed E-state index contributed by atoms with van der Waals surface area (Å²) in [6.07, 6.45) is 1.54. The highest BCUT2D eigenvalue weighted by atomic mass is 16.2. The van der Waals surface area contributed by atoms with Gasteiger partial charge in [-0.1, -0.05) is 30.3 Å². The van der Waals surface area contributed by atoms with Gasteiger partial charge in [-0.3, -0.25) is 24.3 Å². The molecular formula is C19H13N3O3. The van der Waals surface area contributed by atoms with Gasteiger partial charge in [0.1, 0.15) is 6.54 Å². The minimum absolute atomic E-state index is 0.327. The number of hydrogen-bond acceptors (Lipinski definition) is 4. The zero-order valence-electron chi connectivity index (χ0n) is 13.1. The summed E-state index contributed by atoms with van der Waals surface area (Å²) in [5, 5.41) is 3.57. The van der Waals surface area contributed by atoms with Crippen molar-refractivity contribution < 1.29 is 14.4 Å². The van der Waals surface area contributed by atoms with Crippen molar-refractivity contribution in [1.29, 1.82) is 0 Å². The summed E-state index contributed by atoms with van der Waals surface area (Å²) in [6, 6.07) is 15.9. The third-order valence-electron chi connectivity index (χ3n) is 4.05. The van der Waals surface area contributed by atoms with E-state index in [1.807, 2.05) is 24.3 Å². The third-order valence-corrected chi connectivity index (χ3v) is 4.05. The van der Waals surface area contributed by atoms with Crippen LogP contribution >= 0.6 is 0 Å². The standard InChI is InChI=1S/C19H13N3O3/c23-17(21-13-9-12-5-1-4-8-16(12)20-10-13)11-22-18(24)14-6-2-3-7-15(14)19(22)25/h1-10H,11H2,(H,21,23). The topological polar surface area (TPSA) is 79.4 Å². The first-order valence-electron chi connectivity index (χ1n) is 7.73. The van der Waals surface area contributed by atoms with E-state index in [9.17, 15) is 14.4 Å². The molecule has 2 heterocycles. The van der Waals surface area contributed by atoms with Crippen LogP contribution in [-0.2, 0) is 4.79 Å². The lowest BCUT2D eigenvalue weighted by Crippen LogP contribution is -2.37. The number of para-hydroxylation sites is 1. The molecule has 0 unspecified atom stereocenters. The van der Waals surface area contributed by atoms with Gasteiger partial charge in [0.05, 0.1) is 28.5 Å². The summed E-state index contributed by atoms with van der Waals surface area (Å²) in [4.78, 5) is 42.0. The molecule has 4 rings (SSSR count). The van der Waals surface area contributed by atoms with Crippen molar-refractivity contribution in [2.45, 2.75) is 0 Å². The van der Waals surface area contributed by atoms with E-state index < -0.39 is 17.7 Å². The number of fused-ring (bicyclic) bond motifs is 2. The molecule has 0 spiro atoms. The Morgan fingerprint density at radius 2 is 1.60 bits per heavy atom. The normalized spacial score (nSPS) is 13.2. The molecule has 3 aromatic rings. The number of aromatic nitrogens is 1. The lowest BCUT2D eigenvalue weighted by Gasteiger charge is -2.13. The second-order valence-corrected chi connectivity index (χ2v) is 5.71. The van der Waals surface area contributed by atoms with Crippen LogP contribution in [0.25, 0.3) is 10.9 Å². The minimum atomic E-state index is -0.452. The Labute approximate surface area is 143 Å². The average molecular weight is 331 g/mol. The molecule has 25 heavy (non-hydrogen) atoms. The number of carbonyl (C=O) groups excluding carboxylic acids is 3. The lowest BCUT2D eigenvalue weighted by atomic mass is 10.1. The van der Waals surface area contributed by atoms with Gasteiger partial charge in [0.2, 0.25) is 5.91 Å². The van der Waals surface area contributed by atoms with Gasteiger partial charge in [0.25, 0.3) is 11.8 Å². The number of amides is 3. The van der Waals surface area contributed by atoms with Crippen LogP contribution in [0.3, 0.4) is 0 Å². The Balaban J connectivity index is 1.51. The van der Waals surface area contributed by atoms with Gasteiger partial charge in [0, 0.05) is 5.39 Å². The van der Waals surface area contributed by atoms with E-state index >= 15 is 0 Å². The Morgan fingerprint density at radius 3 is 2.32 bits per heavy atom. The predicted octanol–water partition coefficient (Wildman–Crippen LogP) is 2.47. The van der Waals surface area contributed by atoms with Gasteiger partial charge in [-0.2, -0.15) is 0 Å². The van der Waals surface area contributed by atoms with Crippen molar-refractivity contribution >= 4 is 34.3 Å². The molecule has 6 nitrogen and oxygen atoms in total. The summed E-state index contributed by atoms with van der Waals surface area (Å²) >= 11 is 0. The second kappa shape index (κ2) is 5.83. The summed E-state index contributed by atoms with van der Waals surface area (Å²) in [5.41, 5.74) is 1.99. The molecule has 6 heteroatoms. The number of anilines is 1. The Morgan fingerprint density at radius 1 is 0.960 bits per heavy atom. The van der Waals surface area contributed by atoms with E-state index in [1.54, 1.807) is 36.5 Å². The number of pyridine rings is 1. The molecule has 0 saturated carbocycles. The summed E-state index contributed by atoms with van der Waals surface area (Å²) in [7, 11) is 0. The van der Waals surface area contributed by atoms with Crippen molar-refractivity contribution in [3.8, 4) is 0 Å². The quantitative estimate of drug-likeness (QED) is 0.748. The molecule has 1 N–H and O–H groups in total. The van der Waals surface area contributed by atoms with Gasteiger partial charge in [-0.25, -0.2) is 0 Å². The van der Waals surface area contributed by atoms with Gasteiger partial charge >= 0.3 is 0 Å². The Bertz CT molecular complexity index is 994. The van der Waals surface area contributed by atoms with Crippen LogP contribution in [-0.4, -0.2) is 34.2 Å². The fourth-order valence-electron chi connectivity index (χ4n) is 2.87. The van der Waals surface area contributed by atoms with Crippen LogP contribution in [0, 0.1) is 0 Å². The molecule has 0 saturated heterocycles. The van der Waals surface area contributed by atoms with Gasteiger partial charge in [0.15, 0.2) is 0 Å². The van der Waals surface area contributed by atoms with Gasteiger partial charge < -0.3 is 5.32 Å². The van der Waals surface area contributed by atoms with Crippen LogP contribution < -0.4 is 5.32 Å². The smallest absolute Gasteiger partial charge is 0.262 e. The van der Waals surface area contributed by atoms with E-state index in [4.69, 9.17) is 0 Å². The molecule has 1 aromatic heterocycles. The fraction of sp³-hybridized carbons (Fsp3) is 0.0526. The molecule has 0 radical (unpaired) electrons. The zero-order chi connectivity index (χ0) is 17.4. The maximum absolute atomic E-state index is 12.3. The highest BCUT2D eigenvalue weighted by Gasteiger charge is 2.36. The van der Waals surface area contributed by atoms with Gasteiger partial charge in [-0.15, -0.1) is 0 Å². The Kier molecular flexibility index (Phi) is 3.50. The van der Waals surface area contributed by atoms with Crippen LogP contribution in [0.5, 0.6) is 0 Å². The maximum Gasteiger partial charge on any atom is 0.262 e. The van der Waals surface area contributed by atoms with Crippen LogP contribution in [0.2, 0.25) is 0 Å². The number of carbonyl (C=O) groups is 3. The predicted molar refractivity (Wildman–Crippen MR) is 92.2 cm³/mol. The molecule has 0 atom stereocenters. The van der Waals surface area contributed by atoms with Crippen molar-refractivity contribution in [2.75, 3.05) is 11.9 Å². The monoisotopic (exact) mass is 331 g/mol. The minimum Gasteiger partial charge on any atom is -0.323 e. The summed E-state index contributed by atoms with van der Waals surface area (Å²) < 4.78 is 0. The highest BCUT2D eigenvalue weighted by Crippen LogP contribution is 2.22. The van der Waals surface area contributed by atoms with Crippen molar-refractivity contribution in [3.63, 3.8) is 0 Å². The first kappa shape index (κ1) is 15.0. The number of hydrogen-bond donors (Lipinski definition) is 1. The third kappa shape index (κ3) is 2.63. The first-order chi connectivity index (χ1) is 12.1. The molecule has 0 aliphatic carbocycles. The van der Waals surface area contributed by atoms with Crippen LogP contribution in [0.4, 0.5) is 5.69 Å². The maximum atomic E-state index is 12.3. The highest BCUT2D eigenvalue weighted by molar-refractivity contribution is 6.22. The number of benzene rings is 2. The van der Waals surface area contributed by atoms with Crippen molar-refractivity contribution in [2.24, 2.45) is 0 Å². The largest absolute Gasteiger partial charge is 0.323 e. The second-order valence-electron chi connectivity index (χ2n) is 5.71. The molecule has 0 bridgehead atoms. The summed E-state index contributed by atoms with van der Waals surface area (Å²) in [6.45, 7) is -0.334. The van der Waals surface area contributed by atoms with E-state index in [2.05, 4.69) is 10.3 Å². The van der Waals surface area contributed by atoms with E-state index in [-0.39, 0.29) is 6.54 Å². The zero-order valence-corrected chi connectivity index (χ0v) is 13.1. The first-order valence-corrected chi connectivity index (χ1v) is 7.73. The molecular weight excluding hydrogens is 318 g/mol. The van der Waals surface area contributed by atoms with E-state index in [0.717, 1.165) is 15.8 Å². The molecule has 3 amide bonds. The molecule has 1 aliphatic heterocycles. The Hall–Kier alpha value is -3.54. The fourth-order valence-corrected chi connectivity index (χ4v) is 2.87. The van der Waals surface area contributed by atoms with Crippen LogP contribution in [0.1, 0.15) is 20.7 Å². The van der Waals surface area contributed by atoms with E-state index in [0.29, 0.717) is 16.8 Å². The summed E-state index contributed by atoms with van der Waals surface area (Å²) in [5.74, 6) is -1.36.